The Hall–Kier alpha value is -0.120. The number of rotatable bonds is 4. The van der Waals surface area contributed by atoms with Gasteiger partial charge in [0.15, 0.2) is 0 Å². The van der Waals surface area contributed by atoms with Gasteiger partial charge in [0, 0.05) is 13.2 Å². The summed E-state index contributed by atoms with van der Waals surface area (Å²) < 4.78 is 11.9. The number of hydrogen-bond acceptors (Lipinski definition) is 3. The highest BCUT2D eigenvalue weighted by Crippen LogP contribution is 2.34. The van der Waals surface area contributed by atoms with Crippen LogP contribution in [0.4, 0.5) is 0 Å². The molecule has 0 aromatic carbocycles. The van der Waals surface area contributed by atoms with E-state index in [1.165, 1.54) is 25.7 Å². The first-order valence-electron chi connectivity index (χ1n) is 7.20. The maximum Gasteiger partial charge on any atom is 0.0808 e. The van der Waals surface area contributed by atoms with Gasteiger partial charge in [-0.3, -0.25) is 0 Å². The average molecular weight is 241 g/mol. The highest BCUT2D eigenvalue weighted by molar-refractivity contribution is 4.87. The predicted molar refractivity (Wildman–Crippen MR) is 69.0 cm³/mol. The molecule has 2 rings (SSSR count). The molecule has 2 aliphatic rings. The lowest BCUT2D eigenvalue weighted by Crippen LogP contribution is -2.45. The SMILES string of the molecule is CC1CCC(CN)(OCC2CCCCO2)CC1. The molecule has 0 bridgehead atoms. The van der Waals surface area contributed by atoms with Crippen LogP contribution in [0.2, 0.25) is 0 Å². The summed E-state index contributed by atoms with van der Waals surface area (Å²) >= 11 is 0. The summed E-state index contributed by atoms with van der Waals surface area (Å²) in [5.74, 6) is 0.837. The fourth-order valence-corrected chi connectivity index (χ4v) is 2.90. The van der Waals surface area contributed by atoms with E-state index in [0.717, 1.165) is 38.4 Å². The standard InChI is InChI=1S/C14H27NO2/c1-12-5-7-14(11-15,8-6-12)17-10-13-4-2-3-9-16-13/h12-13H,2-11,15H2,1H3. The lowest BCUT2D eigenvalue weighted by Gasteiger charge is -2.39. The van der Waals surface area contributed by atoms with Crippen molar-refractivity contribution in [2.75, 3.05) is 19.8 Å². The van der Waals surface area contributed by atoms with E-state index in [9.17, 15) is 0 Å². The minimum atomic E-state index is -0.0483. The molecule has 0 amide bonds. The van der Waals surface area contributed by atoms with Gasteiger partial charge in [0.2, 0.25) is 0 Å². The van der Waals surface area contributed by atoms with Crippen LogP contribution in [0.5, 0.6) is 0 Å². The molecule has 3 nitrogen and oxygen atoms in total. The Morgan fingerprint density at radius 2 is 2.00 bits per heavy atom. The zero-order chi connectivity index (χ0) is 12.1. The van der Waals surface area contributed by atoms with Gasteiger partial charge in [0.25, 0.3) is 0 Å². The molecule has 2 N–H and O–H groups in total. The average Bonchev–Trinajstić information content (AvgIpc) is 2.40. The van der Waals surface area contributed by atoms with Crippen LogP contribution < -0.4 is 5.73 Å². The van der Waals surface area contributed by atoms with Crippen LogP contribution in [-0.4, -0.2) is 31.5 Å². The van der Waals surface area contributed by atoms with Crippen molar-refractivity contribution < 1.29 is 9.47 Å². The minimum absolute atomic E-state index is 0.0483. The van der Waals surface area contributed by atoms with Gasteiger partial charge >= 0.3 is 0 Å². The Bertz CT molecular complexity index is 218. The van der Waals surface area contributed by atoms with E-state index < -0.39 is 0 Å². The Morgan fingerprint density at radius 3 is 2.59 bits per heavy atom. The highest BCUT2D eigenvalue weighted by Gasteiger charge is 2.34. The normalized spacial score (nSPS) is 39.2. The monoisotopic (exact) mass is 241 g/mol. The molecule has 1 saturated heterocycles. The molecular weight excluding hydrogens is 214 g/mol. The molecule has 1 aliphatic heterocycles. The van der Waals surface area contributed by atoms with E-state index in [2.05, 4.69) is 6.92 Å². The van der Waals surface area contributed by atoms with E-state index in [4.69, 9.17) is 15.2 Å². The molecule has 2 fully saturated rings. The molecule has 1 unspecified atom stereocenters. The van der Waals surface area contributed by atoms with E-state index >= 15 is 0 Å². The van der Waals surface area contributed by atoms with E-state index in [0.29, 0.717) is 12.6 Å². The topological polar surface area (TPSA) is 44.5 Å². The van der Waals surface area contributed by atoms with Crippen molar-refractivity contribution >= 4 is 0 Å². The second-order valence-corrected chi connectivity index (χ2v) is 5.87. The summed E-state index contributed by atoms with van der Waals surface area (Å²) in [4.78, 5) is 0. The molecule has 1 atom stereocenters. The van der Waals surface area contributed by atoms with Gasteiger partial charge in [-0.2, -0.15) is 0 Å². The van der Waals surface area contributed by atoms with Crippen LogP contribution in [0, 0.1) is 5.92 Å². The van der Waals surface area contributed by atoms with Gasteiger partial charge in [0.1, 0.15) is 0 Å². The summed E-state index contributed by atoms with van der Waals surface area (Å²) in [6.07, 6.45) is 8.69. The van der Waals surface area contributed by atoms with Crippen LogP contribution in [0.15, 0.2) is 0 Å². The highest BCUT2D eigenvalue weighted by atomic mass is 16.5. The third-order valence-electron chi connectivity index (χ3n) is 4.41. The van der Waals surface area contributed by atoms with Gasteiger partial charge in [-0.1, -0.05) is 6.92 Å². The van der Waals surface area contributed by atoms with Crippen LogP contribution >= 0.6 is 0 Å². The third kappa shape index (κ3) is 3.67. The summed E-state index contributed by atoms with van der Waals surface area (Å²) in [6, 6.07) is 0. The van der Waals surface area contributed by atoms with Crippen LogP contribution in [-0.2, 0) is 9.47 Å². The lowest BCUT2D eigenvalue weighted by molar-refractivity contribution is -0.120. The summed E-state index contributed by atoms with van der Waals surface area (Å²) in [6.45, 7) is 4.63. The van der Waals surface area contributed by atoms with Crippen molar-refractivity contribution in [3.8, 4) is 0 Å². The lowest BCUT2D eigenvalue weighted by atomic mass is 9.79. The maximum atomic E-state index is 6.16. The zero-order valence-corrected chi connectivity index (χ0v) is 11.1. The number of hydrogen-bond donors (Lipinski definition) is 1. The smallest absolute Gasteiger partial charge is 0.0808 e. The quantitative estimate of drug-likeness (QED) is 0.822. The van der Waals surface area contributed by atoms with Gasteiger partial charge in [-0.15, -0.1) is 0 Å². The summed E-state index contributed by atoms with van der Waals surface area (Å²) in [5.41, 5.74) is 5.89. The third-order valence-corrected chi connectivity index (χ3v) is 4.41. The number of nitrogens with two attached hydrogens (primary N) is 1. The molecule has 1 saturated carbocycles. The largest absolute Gasteiger partial charge is 0.376 e. The maximum absolute atomic E-state index is 6.16. The molecular formula is C14H27NO2. The molecule has 100 valence electrons. The zero-order valence-electron chi connectivity index (χ0n) is 11.1. The first-order valence-corrected chi connectivity index (χ1v) is 7.20. The van der Waals surface area contributed by atoms with Crippen molar-refractivity contribution in [2.45, 2.75) is 63.6 Å². The van der Waals surface area contributed by atoms with Gasteiger partial charge in [0.05, 0.1) is 18.3 Å². The second kappa shape index (κ2) is 6.17. The molecule has 1 heterocycles. The van der Waals surface area contributed by atoms with Crippen LogP contribution in [0.3, 0.4) is 0 Å². The Morgan fingerprint density at radius 1 is 1.24 bits per heavy atom. The van der Waals surface area contributed by atoms with Crippen molar-refractivity contribution in [1.82, 2.24) is 0 Å². The van der Waals surface area contributed by atoms with Crippen molar-refractivity contribution in [3.63, 3.8) is 0 Å². The minimum Gasteiger partial charge on any atom is -0.376 e. The van der Waals surface area contributed by atoms with Crippen molar-refractivity contribution in [2.24, 2.45) is 11.7 Å². The predicted octanol–water partition coefficient (Wildman–Crippen LogP) is 2.48. The summed E-state index contributed by atoms with van der Waals surface area (Å²) in [7, 11) is 0. The Labute approximate surface area is 105 Å². The van der Waals surface area contributed by atoms with Crippen molar-refractivity contribution in [3.05, 3.63) is 0 Å². The molecule has 0 aromatic heterocycles. The van der Waals surface area contributed by atoms with Gasteiger partial charge in [-0.05, 0) is 50.9 Å². The molecule has 0 radical (unpaired) electrons. The fraction of sp³-hybridized carbons (Fsp3) is 1.00. The summed E-state index contributed by atoms with van der Waals surface area (Å²) in [5, 5.41) is 0. The number of ether oxygens (including phenoxy) is 2. The van der Waals surface area contributed by atoms with Crippen LogP contribution in [0.25, 0.3) is 0 Å². The molecule has 17 heavy (non-hydrogen) atoms. The first kappa shape index (κ1) is 13.3. The molecule has 0 spiro atoms. The Kier molecular flexibility index (Phi) is 4.83. The van der Waals surface area contributed by atoms with E-state index in [-0.39, 0.29) is 5.60 Å². The van der Waals surface area contributed by atoms with E-state index in [1.807, 2.05) is 0 Å². The van der Waals surface area contributed by atoms with Gasteiger partial charge < -0.3 is 15.2 Å². The van der Waals surface area contributed by atoms with Crippen LogP contribution in [0.1, 0.15) is 51.9 Å². The molecule has 3 heteroatoms. The van der Waals surface area contributed by atoms with Crippen molar-refractivity contribution in [1.29, 1.82) is 0 Å². The molecule has 1 aliphatic carbocycles. The fourth-order valence-electron chi connectivity index (χ4n) is 2.90. The van der Waals surface area contributed by atoms with E-state index in [1.54, 1.807) is 0 Å². The Balaban J connectivity index is 1.78. The first-order chi connectivity index (χ1) is 8.24. The molecule has 0 aromatic rings. The second-order valence-electron chi connectivity index (χ2n) is 5.87. The van der Waals surface area contributed by atoms with Gasteiger partial charge in [-0.25, -0.2) is 0 Å².